The summed E-state index contributed by atoms with van der Waals surface area (Å²) in [6, 6.07) is 8.32. The third-order valence-electron chi connectivity index (χ3n) is 3.29. The molecule has 0 unspecified atom stereocenters. The normalized spacial score (nSPS) is 11.3. The van der Waals surface area contributed by atoms with E-state index >= 15 is 0 Å². The molecule has 22 heavy (non-hydrogen) atoms. The Morgan fingerprint density at radius 3 is 2.82 bits per heavy atom. The van der Waals surface area contributed by atoms with Crippen LogP contribution in [0.4, 0.5) is 8.78 Å². The molecule has 5 nitrogen and oxygen atoms in total. The highest BCUT2D eigenvalue weighted by molar-refractivity contribution is 5.74. The van der Waals surface area contributed by atoms with Gasteiger partial charge in [0.15, 0.2) is 0 Å². The van der Waals surface area contributed by atoms with Crippen molar-refractivity contribution in [3.63, 3.8) is 0 Å². The van der Waals surface area contributed by atoms with Gasteiger partial charge in [-0.25, -0.2) is 4.98 Å². The highest BCUT2D eigenvalue weighted by Gasteiger charge is 2.14. The van der Waals surface area contributed by atoms with Gasteiger partial charge in [-0.2, -0.15) is 8.78 Å². The number of imidazole rings is 1. The molecular weight excluding hydrogens is 292 g/mol. The Bertz CT molecular complexity index is 789. The van der Waals surface area contributed by atoms with Gasteiger partial charge in [-0.15, -0.1) is 0 Å². The smallest absolute Gasteiger partial charge is 0.387 e. The SMILES string of the molecule is OCc1nc2cnccc2n1Cc1ccccc1OC(F)F. The number of hydrogen-bond donors (Lipinski definition) is 1. The summed E-state index contributed by atoms with van der Waals surface area (Å²) in [5.41, 5.74) is 1.98. The van der Waals surface area contributed by atoms with E-state index in [1.165, 1.54) is 6.07 Å². The molecule has 0 saturated carbocycles. The van der Waals surface area contributed by atoms with Gasteiger partial charge < -0.3 is 14.4 Å². The molecule has 0 radical (unpaired) electrons. The maximum atomic E-state index is 12.5. The standard InChI is InChI=1S/C15H13F2N3O2/c16-15(17)22-13-4-2-1-3-10(13)8-20-12-5-6-18-7-11(12)19-14(20)9-21/h1-7,15,21H,8-9H2. The summed E-state index contributed by atoms with van der Waals surface area (Å²) in [4.78, 5) is 8.26. The van der Waals surface area contributed by atoms with Crippen molar-refractivity contribution in [3.8, 4) is 5.75 Å². The van der Waals surface area contributed by atoms with Gasteiger partial charge in [0, 0.05) is 11.8 Å². The average Bonchev–Trinajstić information content (AvgIpc) is 2.87. The summed E-state index contributed by atoms with van der Waals surface area (Å²) in [5, 5.41) is 9.46. The molecule has 114 valence electrons. The molecule has 3 rings (SSSR count). The third-order valence-corrected chi connectivity index (χ3v) is 3.29. The number of ether oxygens (including phenoxy) is 1. The van der Waals surface area contributed by atoms with Crippen LogP contribution in [0.5, 0.6) is 5.75 Å². The van der Waals surface area contributed by atoms with Gasteiger partial charge in [0.1, 0.15) is 23.7 Å². The van der Waals surface area contributed by atoms with E-state index in [-0.39, 0.29) is 18.9 Å². The molecule has 0 spiro atoms. The van der Waals surface area contributed by atoms with Crippen LogP contribution in [-0.4, -0.2) is 26.3 Å². The summed E-state index contributed by atoms with van der Waals surface area (Å²) in [6.07, 6.45) is 3.20. The van der Waals surface area contributed by atoms with Crippen LogP contribution < -0.4 is 4.74 Å². The van der Waals surface area contributed by atoms with Crippen molar-refractivity contribution in [2.24, 2.45) is 0 Å². The van der Waals surface area contributed by atoms with Crippen LogP contribution in [-0.2, 0) is 13.2 Å². The molecule has 7 heteroatoms. The van der Waals surface area contributed by atoms with Crippen molar-refractivity contribution in [1.82, 2.24) is 14.5 Å². The lowest BCUT2D eigenvalue weighted by Gasteiger charge is -2.13. The maximum absolute atomic E-state index is 12.5. The van der Waals surface area contributed by atoms with E-state index in [0.29, 0.717) is 16.9 Å². The summed E-state index contributed by atoms with van der Waals surface area (Å²) < 4.78 is 31.3. The predicted octanol–water partition coefficient (Wildman–Crippen LogP) is 2.57. The zero-order valence-electron chi connectivity index (χ0n) is 11.5. The highest BCUT2D eigenvalue weighted by atomic mass is 19.3. The van der Waals surface area contributed by atoms with Gasteiger partial charge in [0.2, 0.25) is 0 Å². The first-order valence-electron chi connectivity index (χ1n) is 6.61. The molecule has 0 bridgehead atoms. The molecule has 1 aromatic carbocycles. The minimum atomic E-state index is -2.89. The number of nitrogens with zero attached hydrogens (tertiary/aromatic N) is 3. The Hall–Kier alpha value is -2.54. The van der Waals surface area contributed by atoms with Crippen molar-refractivity contribution < 1.29 is 18.6 Å². The molecule has 0 aliphatic carbocycles. The first-order chi connectivity index (χ1) is 10.7. The van der Waals surface area contributed by atoms with Crippen molar-refractivity contribution in [1.29, 1.82) is 0 Å². The molecule has 0 saturated heterocycles. The van der Waals surface area contributed by atoms with Crippen molar-refractivity contribution in [3.05, 3.63) is 54.1 Å². The molecular formula is C15H13F2N3O2. The minimum Gasteiger partial charge on any atom is -0.434 e. The van der Waals surface area contributed by atoms with E-state index in [2.05, 4.69) is 14.7 Å². The van der Waals surface area contributed by atoms with Gasteiger partial charge >= 0.3 is 6.61 Å². The van der Waals surface area contributed by atoms with Gasteiger partial charge in [0.05, 0.1) is 18.3 Å². The average molecular weight is 305 g/mol. The van der Waals surface area contributed by atoms with E-state index in [1.54, 1.807) is 41.2 Å². The van der Waals surface area contributed by atoms with E-state index in [0.717, 1.165) is 5.52 Å². The van der Waals surface area contributed by atoms with Gasteiger partial charge in [0.25, 0.3) is 0 Å². The van der Waals surface area contributed by atoms with Crippen molar-refractivity contribution >= 4 is 11.0 Å². The number of para-hydroxylation sites is 1. The second-order valence-corrected chi connectivity index (χ2v) is 4.62. The lowest BCUT2D eigenvalue weighted by Crippen LogP contribution is -2.09. The van der Waals surface area contributed by atoms with Crippen LogP contribution in [0.15, 0.2) is 42.7 Å². The Labute approximate surface area is 124 Å². The predicted molar refractivity (Wildman–Crippen MR) is 75.6 cm³/mol. The summed E-state index contributed by atoms with van der Waals surface area (Å²) >= 11 is 0. The van der Waals surface area contributed by atoms with E-state index < -0.39 is 6.61 Å². The lowest BCUT2D eigenvalue weighted by molar-refractivity contribution is -0.0504. The second kappa shape index (κ2) is 6.07. The fraction of sp³-hybridized carbons (Fsp3) is 0.200. The van der Waals surface area contributed by atoms with E-state index in [9.17, 15) is 13.9 Å². The molecule has 0 aliphatic heterocycles. The molecule has 2 heterocycles. The van der Waals surface area contributed by atoms with Crippen LogP contribution in [0.2, 0.25) is 0 Å². The summed E-state index contributed by atoms with van der Waals surface area (Å²) in [7, 11) is 0. The summed E-state index contributed by atoms with van der Waals surface area (Å²) in [5.74, 6) is 0.548. The minimum absolute atomic E-state index is 0.109. The topological polar surface area (TPSA) is 60.2 Å². The molecule has 2 aromatic heterocycles. The first-order valence-corrected chi connectivity index (χ1v) is 6.61. The quantitative estimate of drug-likeness (QED) is 0.787. The van der Waals surface area contributed by atoms with E-state index in [4.69, 9.17) is 0 Å². The largest absolute Gasteiger partial charge is 0.434 e. The number of aromatic nitrogens is 3. The van der Waals surface area contributed by atoms with Gasteiger partial charge in [-0.3, -0.25) is 4.98 Å². The fourth-order valence-electron chi connectivity index (χ4n) is 2.34. The van der Waals surface area contributed by atoms with Crippen LogP contribution in [0.25, 0.3) is 11.0 Å². The summed E-state index contributed by atoms with van der Waals surface area (Å²) in [6.45, 7) is -2.88. The molecule has 0 fully saturated rings. The molecule has 1 N–H and O–H groups in total. The highest BCUT2D eigenvalue weighted by Crippen LogP contribution is 2.24. The zero-order chi connectivity index (χ0) is 15.5. The number of aliphatic hydroxyl groups excluding tert-OH is 1. The molecule has 0 amide bonds. The number of alkyl halides is 2. The van der Waals surface area contributed by atoms with Crippen molar-refractivity contribution in [2.45, 2.75) is 19.8 Å². The van der Waals surface area contributed by atoms with Crippen LogP contribution in [0.3, 0.4) is 0 Å². The Morgan fingerprint density at radius 1 is 1.23 bits per heavy atom. The Balaban J connectivity index is 2.03. The molecule has 3 aromatic rings. The van der Waals surface area contributed by atoms with Gasteiger partial charge in [-0.05, 0) is 12.1 Å². The maximum Gasteiger partial charge on any atom is 0.387 e. The number of fused-ring (bicyclic) bond motifs is 1. The number of pyridine rings is 1. The monoisotopic (exact) mass is 305 g/mol. The molecule has 0 atom stereocenters. The van der Waals surface area contributed by atoms with Crippen LogP contribution >= 0.6 is 0 Å². The number of benzene rings is 1. The molecule has 0 aliphatic rings. The first kappa shape index (κ1) is 14.4. The van der Waals surface area contributed by atoms with Crippen LogP contribution in [0, 0.1) is 0 Å². The number of halogens is 2. The third kappa shape index (κ3) is 2.75. The Kier molecular flexibility index (Phi) is 3.97. The fourth-order valence-corrected chi connectivity index (χ4v) is 2.34. The lowest BCUT2D eigenvalue weighted by atomic mass is 10.2. The van der Waals surface area contributed by atoms with E-state index in [1.807, 2.05) is 0 Å². The number of rotatable bonds is 5. The zero-order valence-corrected chi connectivity index (χ0v) is 11.5. The second-order valence-electron chi connectivity index (χ2n) is 4.62. The van der Waals surface area contributed by atoms with Crippen molar-refractivity contribution in [2.75, 3.05) is 0 Å². The van der Waals surface area contributed by atoms with Gasteiger partial charge in [-0.1, -0.05) is 18.2 Å². The number of aliphatic hydroxyl groups is 1. The number of hydrogen-bond acceptors (Lipinski definition) is 4. The van der Waals surface area contributed by atoms with Crippen LogP contribution in [0.1, 0.15) is 11.4 Å². The Morgan fingerprint density at radius 2 is 2.05 bits per heavy atom.